The van der Waals surface area contributed by atoms with E-state index >= 15 is 0 Å². The Morgan fingerprint density at radius 2 is 1.04 bits per heavy atom. The summed E-state index contributed by atoms with van der Waals surface area (Å²) < 4.78 is 77.2. The van der Waals surface area contributed by atoms with Crippen LogP contribution in [0.25, 0.3) is 11.1 Å². The van der Waals surface area contributed by atoms with Crippen LogP contribution in [0.3, 0.4) is 0 Å². The van der Waals surface area contributed by atoms with Gasteiger partial charge in [0.1, 0.15) is 0 Å². The van der Waals surface area contributed by atoms with Crippen molar-refractivity contribution >= 4 is 0 Å². The Balaban J connectivity index is 2.41. The Morgan fingerprint density at radius 1 is 0.680 bits per heavy atom. The highest BCUT2D eigenvalue weighted by molar-refractivity contribution is 5.64. The Bertz CT molecular complexity index is 697. The number of halogens is 6. The van der Waals surface area contributed by atoms with Gasteiger partial charge in [-0.2, -0.15) is 26.3 Å². The average molecular weight is 362 g/mol. The van der Waals surface area contributed by atoms with E-state index in [1.165, 1.54) is 0 Å². The molecule has 7 heteroatoms. The van der Waals surface area contributed by atoms with E-state index in [1.807, 2.05) is 26.0 Å². The first-order valence-electron chi connectivity index (χ1n) is 7.44. The summed E-state index contributed by atoms with van der Waals surface area (Å²) in [5, 5.41) is 9.36. The van der Waals surface area contributed by atoms with Gasteiger partial charge in [-0.3, -0.25) is 0 Å². The molecule has 25 heavy (non-hydrogen) atoms. The van der Waals surface area contributed by atoms with Crippen LogP contribution < -0.4 is 0 Å². The predicted octanol–water partition coefficient (Wildman–Crippen LogP) is 5.79. The van der Waals surface area contributed by atoms with Crippen LogP contribution >= 0.6 is 0 Å². The van der Waals surface area contributed by atoms with Gasteiger partial charge in [0.2, 0.25) is 0 Å². The summed E-state index contributed by atoms with van der Waals surface area (Å²) >= 11 is 0. The Kier molecular flexibility index (Phi) is 4.92. The maximum Gasteiger partial charge on any atom is 0.430 e. The lowest BCUT2D eigenvalue weighted by atomic mass is 9.90. The molecular weight excluding hydrogens is 346 g/mol. The lowest BCUT2D eigenvalue weighted by molar-refractivity contribution is -0.376. The third-order valence-corrected chi connectivity index (χ3v) is 4.03. The quantitative estimate of drug-likeness (QED) is 0.686. The molecule has 1 nitrogen and oxygen atoms in total. The summed E-state index contributed by atoms with van der Waals surface area (Å²) in [7, 11) is 0. The lowest BCUT2D eigenvalue weighted by Crippen LogP contribution is -2.53. The van der Waals surface area contributed by atoms with E-state index in [9.17, 15) is 31.4 Å². The van der Waals surface area contributed by atoms with Crippen molar-refractivity contribution in [3.05, 3.63) is 59.7 Å². The minimum absolute atomic E-state index is 0.296. The van der Waals surface area contributed by atoms with Crippen LogP contribution in [-0.4, -0.2) is 17.5 Å². The van der Waals surface area contributed by atoms with E-state index in [0.717, 1.165) is 17.7 Å². The predicted molar refractivity (Wildman–Crippen MR) is 82.0 cm³/mol. The summed E-state index contributed by atoms with van der Waals surface area (Å²) in [4.78, 5) is 0. The molecule has 0 saturated carbocycles. The van der Waals surface area contributed by atoms with Gasteiger partial charge in [0.15, 0.2) is 0 Å². The van der Waals surface area contributed by atoms with Crippen molar-refractivity contribution in [1.29, 1.82) is 0 Å². The fourth-order valence-corrected chi connectivity index (χ4v) is 2.45. The fourth-order valence-electron chi connectivity index (χ4n) is 2.45. The van der Waals surface area contributed by atoms with E-state index in [1.54, 1.807) is 12.1 Å². The van der Waals surface area contributed by atoms with Crippen molar-refractivity contribution in [2.24, 2.45) is 0 Å². The molecule has 2 aromatic carbocycles. The van der Waals surface area contributed by atoms with E-state index in [2.05, 4.69) is 0 Å². The van der Waals surface area contributed by atoms with Crippen molar-refractivity contribution in [2.45, 2.75) is 37.7 Å². The highest BCUT2D eigenvalue weighted by Crippen LogP contribution is 2.50. The molecule has 0 fully saturated rings. The first kappa shape index (κ1) is 19.3. The average Bonchev–Trinajstić information content (AvgIpc) is 2.52. The Hall–Kier alpha value is -2.02. The third kappa shape index (κ3) is 3.51. The summed E-state index contributed by atoms with van der Waals surface area (Å²) in [5.74, 6) is 0.296. The molecule has 0 aliphatic rings. The third-order valence-electron chi connectivity index (χ3n) is 4.03. The molecule has 1 N–H and O–H groups in total. The monoisotopic (exact) mass is 362 g/mol. The topological polar surface area (TPSA) is 20.2 Å². The van der Waals surface area contributed by atoms with Gasteiger partial charge in [-0.05, 0) is 22.6 Å². The van der Waals surface area contributed by atoms with Gasteiger partial charge in [0.05, 0.1) is 0 Å². The highest BCUT2D eigenvalue weighted by Gasteiger charge is 2.71. The van der Waals surface area contributed by atoms with Crippen LogP contribution in [0, 0.1) is 0 Å². The lowest BCUT2D eigenvalue weighted by Gasteiger charge is -2.32. The molecule has 0 radical (unpaired) electrons. The SMILES string of the molecule is CC(C)c1ccc(-c2ccc(C(O)(C(F)(F)F)C(F)(F)F)cc2)cc1. The number of alkyl halides is 6. The van der Waals surface area contributed by atoms with Crippen LogP contribution in [0.15, 0.2) is 48.5 Å². The maximum absolute atomic E-state index is 12.9. The number of hydrogen-bond donors (Lipinski definition) is 1. The zero-order valence-corrected chi connectivity index (χ0v) is 13.4. The molecule has 0 amide bonds. The number of benzene rings is 2. The molecule has 2 rings (SSSR count). The minimum Gasteiger partial charge on any atom is -0.369 e. The van der Waals surface area contributed by atoms with E-state index < -0.39 is 23.5 Å². The van der Waals surface area contributed by atoms with Gasteiger partial charge in [-0.15, -0.1) is 0 Å². The fraction of sp³-hybridized carbons (Fsp3) is 0.333. The van der Waals surface area contributed by atoms with Crippen molar-refractivity contribution < 1.29 is 31.4 Å². The molecule has 0 unspecified atom stereocenters. The molecule has 2 aromatic rings. The molecule has 0 bridgehead atoms. The zero-order valence-electron chi connectivity index (χ0n) is 13.4. The second-order valence-corrected chi connectivity index (χ2v) is 6.06. The first-order valence-corrected chi connectivity index (χ1v) is 7.44. The van der Waals surface area contributed by atoms with Gasteiger partial charge in [-0.1, -0.05) is 62.4 Å². The van der Waals surface area contributed by atoms with Crippen molar-refractivity contribution in [3.63, 3.8) is 0 Å². The van der Waals surface area contributed by atoms with Crippen LogP contribution in [0.2, 0.25) is 0 Å². The molecule has 0 aromatic heterocycles. The summed E-state index contributed by atoms with van der Waals surface area (Å²) in [5.41, 5.74) is -4.01. The molecule has 0 aliphatic carbocycles. The van der Waals surface area contributed by atoms with Crippen molar-refractivity contribution in [3.8, 4) is 11.1 Å². The molecule has 136 valence electrons. The minimum atomic E-state index is -5.88. The van der Waals surface area contributed by atoms with E-state index in [4.69, 9.17) is 0 Å². The standard InChI is InChI=1S/C18H16F6O/c1-11(2)12-3-5-13(6-4-12)14-7-9-15(10-8-14)16(25,17(19,20)21)18(22,23)24/h3-11,25H,1-2H3. The normalized spacial score (nSPS) is 13.4. The van der Waals surface area contributed by atoms with Crippen molar-refractivity contribution in [1.82, 2.24) is 0 Å². The molecule has 0 saturated heterocycles. The molecule has 0 heterocycles. The second kappa shape index (κ2) is 6.37. The summed E-state index contributed by atoms with van der Waals surface area (Å²) in [6.07, 6.45) is -11.8. The van der Waals surface area contributed by atoms with Crippen LogP contribution in [0.5, 0.6) is 0 Å². The second-order valence-electron chi connectivity index (χ2n) is 6.06. The number of hydrogen-bond acceptors (Lipinski definition) is 1. The highest BCUT2D eigenvalue weighted by atomic mass is 19.4. The zero-order chi connectivity index (χ0) is 19.0. The van der Waals surface area contributed by atoms with Gasteiger partial charge in [-0.25, -0.2) is 0 Å². The van der Waals surface area contributed by atoms with Crippen LogP contribution in [-0.2, 0) is 5.60 Å². The summed E-state index contributed by atoms with van der Waals surface area (Å²) in [6, 6.07) is 10.7. The van der Waals surface area contributed by atoms with Gasteiger partial charge < -0.3 is 5.11 Å². The van der Waals surface area contributed by atoms with Gasteiger partial charge >= 0.3 is 12.4 Å². The largest absolute Gasteiger partial charge is 0.430 e. The molecule has 0 aliphatic heterocycles. The Morgan fingerprint density at radius 3 is 1.36 bits per heavy atom. The molecule has 0 atom stereocenters. The molecular formula is C18H16F6O. The van der Waals surface area contributed by atoms with Crippen LogP contribution in [0.1, 0.15) is 30.9 Å². The summed E-state index contributed by atoms with van der Waals surface area (Å²) in [6.45, 7) is 4.00. The maximum atomic E-state index is 12.9. The van der Waals surface area contributed by atoms with E-state index in [0.29, 0.717) is 29.2 Å². The van der Waals surface area contributed by atoms with E-state index in [-0.39, 0.29) is 0 Å². The van der Waals surface area contributed by atoms with Gasteiger partial charge in [0, 0.05) is 5.56 Å². The molecule has 0 spiro atoms. The Labute approximate surface area is 140 Å². The smallest absolute Gasteiger partial charge is 0.369 e. The van der Waals surface area contributed by atoms with Gasteiger partial charge in [0.25, 0.3) is 5.60 Å². The van der Waals surface area contributed by atoms with Crippen LogP contribution in [0.4, 0.5) is 26.3 Å². The first-order chi connectivity index (χ1) is 11.4. The van der Waals surface area contributed by atoms with Crippen molar-refractivity contribution in [2.75, 3.05) is 0 Å². The number of aliphatic hydroxyl groups is 1. The number of rotatable bonds is 3.